The molecule has 0 amide bonds. The van der Waals surface area contributed by atoms with E-state index in [9.17, 15) is 0 Å². The van der Waals surface area contributed by atoms with Gasteiger partial charge in [0, 0.05) is 24.1 Å². The molecule has 0 radical (unpaired) electrons. The van der Waals surface area contributed by atoms with Crippen LogP contribution in [0.4, 0.5) is 0 Å². The fraction of sp³-hybridized carbons (Fsp3) is 0.364. The van der Waals surface area contributed by atoms with Crippen LogP contribution in [0.3, 0.4) is 0 Å². The van der Waals surface area contributed by atoms with Gasteiger partial charge in [0.2, 0.25) is 0 Å². The molecular weight excluding hydrogens is 358 g/mol. The van der Waals surface area contributed by atoms with E-state index < -0.39 is 0 Å². The molecule has 1 unspecified atom stereocenters. The second-order valence-electron chi connectivity index (χ2n) is 7.17. The average molecular weight is 384 g/mol. The molecule has 0 fully saturated rings. The predicted molar refractivity (Wildman–Crippen MR) is 107 cm³/mol. The van der Waals surface area contributed by atoms with E-state index >= 15 is 0 Å². The Balaban J connectivity index is 1.79. The zero-order valence-electron chi connectivity index (χ0n) is 14.6. The normalized spacial score (nSPS) is 18.7. The van der Waals surface area contributed by atoms with Crippen LogP contribution in [0.2, 0.25) is 0 Å². The molecule has 0 aromatic heterocycles. The Morgan fingerprint density at radius 2 is 1.75 bits per heavy atom. The monoisotopic (exact) mass is 383 g/mol. The van der Waals surface area contributed by atoms with Gasteiger partial charge in [0.05, 0.1) is 0 Å². The summed E-state index contributed by atoms with van der Waals surface area (Å²) in [5, 5.41) is 0. The maximum absolute atomic E-state index is 3.54. The first-order valence-corrected chi connectivity index (χ1v) is 9.63. The van der Waals surface area contributed by atoms with Crippen molar-refractivity contribution in [3.05, 3.63) is 76.3 Å². The topological polar surface area (TPSA) is 3.24 Å². The Hall–Kier alpha value is -1.38. The summed E-state index contributed by atoms with van der Waals surface area (Å²) in [6, 6.07) is 19.6. The Labute approximate surface area is 154 Å². The first-order valence-electron chi connectivity index (χ1n) is 8.84. The van der Waals surface area contributed by atoms with E-state index in [2.05, 4.69) is 95.4 Å². The van der Waals surface area contributed by atoms with Crippen LogP contribution in [0, 0.1) is 11.8 Å². The molecule has 1 heterocycles. The van der Waals surface area contributed by atoms with Gasteiger partial charge in [0.25, 0.3) is 0 Å². The highest BCUT2D eigenvalue weighted by Gasteiger charge is 2.24. The van der Waals surface area contributed by atoms with Crippen molar-refractivity contribution >= 4 is 21.5 Å². The zero-order chi connectivity index (χ0) is 16.9. The standard InChI is InChI=1S/C22H26BrN/c1-17(2)14-20-16-24(15-18-6-4-3-5-7-18)13-12-22(20)19-8-10-21(23)11-9-19/h3-12,17,20H,13-16H2,1-2H3. The number of hydrogen-bond acceptors (Lipinski definition) is 1. The lowest BCUT2D eigenvalue weighted by Crippen LogP contribution is -2.34. The minimum atomic E-state index is 0.614. The van der Waals surface area contributed by atoms with Crippen molar-refractivity contribution in [2.24, 2.45) is 11.8 Å². The van der Waals surface area contributed by atoms with Crippen molar-refractivity contribution in [2.45, 2.75) is 26.8 Å². The third kappa shape index (κ3) is 4.58. The van der Waals surface area contributed by atoms with E-state index in [0.29, 0.717) is 11.8 Å². The highest BCUT2D eigenvalue weighted by atomic mass is 79.9. The molecule has 2 aromatic rings. The summed E-state index contributed by atoms with van der Waals surface area (Å²) in [4.78, 5) is 2.57. The quantitative estimate of drug-likeness (QED) is 0.610. The van der Waals surface area contributed by atoms with E-state index in [1.807, 2.05) is 0 Å². The van der Waals surface area contributed by atoms with Crippen LogP contribution in [-0.2, 0) is 6.54 Å². The average Bonchev–Trinajstić information content (AvgIpc) is 2.57. The Bertz CT molecular complexity index is 673. The van der Waals surface area contributed by atoms with Crippen molar-refractivity contribution in [2.75, 3.05) is 13.1 Å². The van der Waals surface area contributed by atoms with Crippen LogP contribution in [0.1, 0.15) is 31.4 Å². The van der Waals surface area contributed by atoms with Gasteiger partial charge in [0.15, 0.2) is 0 Å². The molecule has 1 aliphatic heterocycles. The third-order valence-electron chi connectivity index (χ3n) is 4.67. The molecule has 0 aliphatic carbocycles. The van der Waals surface area contributed by atoms with Crippen molar-refractivity contribution in [1.29, 1.82) is 0 Å². The summed E-state index contributed by atoms with van der Waals surface area (Å²) in [6.07, 6.45) is 3.69. The highest BCUT2D eigenvalue weighted by molar-refractivity contribution is 9.10. The molecule has 1 aliphatic rings. The van der Waals surface area contributed by atoms with Crippen LogP contribution in [0.25, 0.3) is 5.57 Å². The highest BCUT2D eigenvalue weighted by Crippen LogP contribution is 2.33. The molecule has 1 atom stereocenters. The second-order valence-corrected chi connectivity index (χ2v) is 8.09. The van der Waals surface area contributed by atoms with Gasteiger partial charge in [0.1, 0.15) is 0 Å². The molecule has 2 heteroatoms. The predicted octanol–water partition coefficient (Wildman–Crippen LogP) is 6.01. The fourth-order valence-electron chi connectivity index (χ4n) is 3.62. The number of rotatable bonds is 5. The van der Waals surface area contributed by atoms with Crippen molar-refractivity contribution in [1.82, 2.24) is 4.90 Å². The number of benzene rings is 2. The number of nitrogens with zero attached hydrogens (tertiary/aromatic N) is 1. The van der Waals surface area contributed by atoms with Crippen LogP contribution in [0.5, 0.6) is 0 Å². The molecule has 2 aromatic carbocycles. The van der Waals surface area contributed by atoms with Gasteiger partial charge in [-0.2, -0.15) is 0 Å². The van der Waals surface area contributed by atoms with Crippen molar-refractivity contribution < 1.29 is 0 Å². The Morgan fingerprint density at radius 3 is 2.42 bits per heavy atom. The zero-order valence-corrected chi connectivity index (χ0v) is 16.2. The molecule has 1 nitrogen and oxygen atoms in total. The van der Waals surface area contributed by atoms with Gasteiger partial charge in [-0.25, -0.2) is 0 Å². The molecule has 0 spiro atoms. The van der Waals surface area contributed by atoms with Gasteiger partial charge in [-0.1, -0.05) is 78.3 Å². The molecule has 0 N–H and O–H groups in total. The maximum Gasteiger partial charge on any atom is 0.0237 e. The lowest BCUT2D eigenvalue weighted by Gasteiger charge is -2.34. The van der Waals surface area contributed by atoms with Crippen molar-refractivity contribution in [3.63, 3.8) is 0 Å². The Kier molecular flexibility index (Phi) is 5.91. The number of halogens is 1. The van der Waals surface area contributed by atoms with Gasteiger partial charge < -0.3 is 0 Å². The summed E-state index contributed by atoms with van der Waals surface area (Å²) in [6.45, 7) is 7.88. The first kappa shape index (κ1) is 17.4. The lowest BCUT2D eigenvalue weighted by molar-refractivity contribution is 0.242. The van der Waals surface area contributed by atoms with Crippen LogP contribution in [0.15, 0.2) is 65.1 Å². The molecule has 3 rings (SSSR count). The van der Waals surface area contributed by atoms with Gasteiger partial charge in [-0.15, -0.1) is 0 Å². The summed E-state index contributed by atoms with van der Waals surface area (Å²) in [5.41, 5.74) is 4.31. The van der Waals surface area contributed by atoms with Gasteiger partial charge >= 0.3 is 0 Å². The largest absolute Gasteiger partial charge is 0.295 e. The lowest BCUT2D eigenvalue weighted by atomic mass is 9.83. The summed E-state index contributed by atoms with van der Waals surface area (Å²) >= 11 is 3.54. The van der Waals surface area contributed by atoms with Crippen molar-refractivity contribution in [3.8, 4) is 0 Å². The van der Waals surface area contributed by atoms with Crippen LogP contribution in [-0.4, -0.2) is 18.0 Å². The number of hydrogen-bond donors (Lipinski definition) is 0. The third-order valence-corrected chi connectivity index (χ3v) is 5.20. The minimum absolute atomic E-state index is 0.614. The van der Waals surface area contributed by atoms with E-state index in [1.54, 1.807) is 0 Å². The van der Waals surface area contributed by atoms with Crippen LogP contribution < -0.4 is 0 Å². The smallest absolute Gasteiger partial charge is 0.0237 e. The first-order chi connectivity index (χ1) is 11.6. The summed E-state index contributed by atoms with van der Waals surface area (Å²) in [5.74, 6) is 1.33. The van der Waals surface area contributed by atoms with E-state index in [0.717, 1.165) is 24.1 Å². The second kappa shape index (κ2) is 8.13. The summed E-state index contributed by atoms with van der Waals surface area (Å²) in [7, 11) is 0. The van der Waals surface area contributed by atoms with Crippen LogP contribution >= 0.6 is 15.9 Å². The van der Waals surface area contributed by atoms with Gasteiger partial charge in [-0.3, -0.25) is 4.90 Å². The van der Waals surface area contributed by atoms with Gasteiger partial charge in [-0.05, 0) is 47.1 Å². The SMILES string of the molecule is CC(C)CC1CN(Cc2ccccc2)CC=C1c1ccc(Br)cc1. The molecule has 0 bridgehead atoms. The van der Waals surface area contributed by atoms with E-state index in [4.69, 9.17) is 0 Å². The molecule has 24 heavy (non-hydrogen) atoms. The summed E-state index contributed by atoms with van der Waals surface area (Å²) < 4.78 is 1.15. The minimum Gasteiger partial charge on any atom is -0.295 e. The van der Waals surface area contributed by atoms with E-state index in [-0.39, 0.29) is 0 Å². The molecule has 126 valence electrons. The van der Waals surface area contributed by atoms with E-state index in [1.165, 1.54) is 23.1 Å². The molecule has 0 saturated carbocycles. The Morgan fingerprint density at radius 1 is 1.04 bits per heavy atom. The maximum atomic E-state index is 3.54. The fourth-order valence-corrected chi connectivity index (χ4v) is 3.88. The molecular formula is C22H26BrN. The molecule has 0 saturated heterocycles.